The van der Waals surface area contributed by atoms with Gasteiger partial charge in [0.25, 0.3) is 0 Å². The molecule has 1 aliphatic rings. The molecule has 0 aromatic carbocycles. The number of ether oxygens (including phenoxy) is 2. The molecule has 0 radical (unpaired) electrons. The van der Waals surface area contributed by atoms with Gasteiger partial charge in [-0.15, -0.1) is 0 Å². The van der Waals surface area contributed by atoms with Crippen LogP contribution in [0.5, 0.6) is 0 Å². The van der Waals surface area contributed by atoms with Gasteiger partial charge in [0.15, 0.2) is 0 Å². The second-order valence-electron chi connectivity index (χ2n) is 5.55. The zero-order valence-electron chi connectivity index (χ0n) is 11.2. The van der Waals surface area contributed by atoms with E-state index in [9.17, 15) is 4.79 Å². The van der Waals surface area contributed by atoms with E-state index >= 15 is 0 Å². The van der Waals surface area contributed by atoms with Crippen molar-refractivity contribution in [1.82, 2.24) is 4.90 Å². The Morgan fingerprint density at radius 2 is 2.24 bits per heavy atom. The number of carbonyl (C=O) groups excluding carboxylic acids is 1. The van der Waals surface area contributed by atoms with E-state index in [-0.39, 0.29) is 18.1 Å². The number of carbonyl (C=O) groups is 1. The van der Waals surface area contributed by atoms with Gasteiger partial charge >= 0.3 is 6.09 Å². The summed E-state index contributed by atoms with van der Waals surface area (Å²) in [7, 11) is 0. The van der Waals surface area contributed by atoms with Crippen LogP contribution in [-0.2, 0) is 9.47 Å². The van der Waals surface area contributed by atoms with Crippen LogP contribution in [0.15, 0.2) is 0 Å². The van der Waals surface area contributed by atoms with Crippen LogP contribution in [0.25, 0.3) is 0 Å². The van der Waals surface area contributed by atoms with Gasteiger partial charge in [-0.2, -0.15) is 0 Å². The molecule has 1 aliphatic heterocycles. The third-order valence-corrected chi connectivity index (χ3v) is 2.75. The summed E-state index contributed by atoms with van der Waals surface area (Å²) in [4.78, 5) is 13.6. The van der Waals surface area contributed by atoms with Crippen molar-refractivity contribution in [1.29, 1.82) is 0 Å². The fourth-order valence-electron chi connectivity index (χ4n) is 1.66. The first-order chi connectivity index (χ1) is 7.83. The normalized spacial score (nSPS) is 23.4. The van der Waals surface area contributed by atoms with E-state index in [2.05, 4.69) is 0 Å². The van der Waals surface area contributed by atoms with Crippen molar-refractivity contribution in [3.63, 3.8) is 0 Å². The number of nitrogens with zero attached hydrogens (tertiary/aromatic N) is 1. The van der Waals surface area contributed by atoms with Crippen LogP contribution in [0.1, 0.15) is 27.7 Å². The average molecular weight is 244 g/mol. The van der Waals surface area contributed by atoms with E-state index in [0.717, 1.165) is 0 Å². The van der Waals surface area contributed by atoms with Gasteiger partial charge in [0.05, 0.1) is 19.3 Å². The van der Waals surface area contributed by atoms with Crippen molar-refractivity contribution in [3.05, 3.63) is 0 Å². The van der Waals surface area contributed by atoms with Gasteiger partial charge in [0.1, 0.15) is 5.60 Å². The summed E-state index contributed by atoms with van der Waals surface area (Å²) in [5, 5.41) is 0. The van der Waals surface area contributed by atoms with Crippen LogP contribution in [0, 0.1) is 5.92 Å². The summed E-state index contributed by atoms with van der Waals surface area (Å²) in [6, 6.07) is 0. The predicted molar refractivity (Wildman–Crippen MR) is 65.8 cm³/mol. The number of amides is 1. The standard InChI is InChI=1S/C12H24N2O3/c1-9(7-13)10-8-14(5-6-16-10)11(15)17-12(2,3)4/h9-10H,5-8,13H2,1-4H3. The lowest BCUT2D eigenvalue weighted by molar-refractivity contribution is -0.0592. The molecule has 2 N–H and O–H groups in total. The number of hydrogen-bond acceptors (Lipinski definition) is 4. The fraction of sp³-hybridized carbons (Fsp3) is 0.917. The highest BCUT2D eigenvalue weighted by atomic mass is 16.6. The van der Waals surface area contributed by atoms with E-state index in [1.165, 1.54) is 0 Å². The second-order valence-corrected chi connectivity index (χ2v) is 5.55. The topological polar surface area (TPSA) is 64.8 Å². The van der Waals surface area contributed by atoms with Crippen molar-refractivity contribution in [2.75, 3.05) is 26.2 Å². The Kier molecular flexibility index (Phi) is 4.77. The smallest absolute Gasteiger partial charge is 0.410 e. The van der Waals surface area contributed by atoms with Crippen molar-refractivity contribution in [2.24, 2.45) is 11.7 Å². The third-order valence-electron chi connectivity index (χ3n) is 2.75. The van der Waals surface area contributed by atoms with Crippen LogP contribution in [-0.4, -0.2) is 48.9 Å². The fourth-order valence-corrected chi connectivity index (χ4v) is 1.66. The highest BCUT2D eigenvalue weighted by Crippen LogP contribution is 2.16. The molecule has 0 bridgehead atoms. The Balaban J connectivity index is 2.52. The Bertz CT molecular complexity index is 263. The monoisotopic (exact) mass is 244 g/mol. The third kappa shape index (κ3) is 4.52. The minimum absolute atomic E-state index is 0.0151. The van der Waals surface area contributed by atoms with Crippen LogP contribution >= 0.6 is 0 Å². The molecule has 5 heteroatoms. The minimum Gasteiger partial charge on any atom is -0.444 e. The van der Waals surface area contributed by atoms with E-state index < -0.39 is 5.60 Å². The molecule has 1 saturated heterocycles. The first kappa shape index (κ1) is 14.3. The summed E-state index contributed by atoms with van der Waals surface area (Å²) in [5.74, 6) is 0.250. The van der Waals surface area contributed by atoms with E-state index in [0.29, 0.717) is 26.2 Å². The molecule has 1 rings (SSSR count). The summed E-state index contributed by atoms with van der Waals surface area (Å²) in [6.07, 6.45) is -0.253. The van der Waals surface area contributed by atoms with Crippen molar-refractivity contribution in [2.45, 2.75) is 39.4 Å². The molecule has 5 nitrogen and oxygen atoms in total. The molecule has 100 valence electrons. The Labute approximate surface area is 103 Å². The summed E-state index contributed by atoms with van der Waals surface area (Å²) < 4.78 is 11.0. The van der Waals surface area contributed by atoms with Crippen LogP contribution in [0.2, 0.25) is 0 Å². The molecule has 2 atom stereocenters. The number of morpholine rings is 1. The summed E-state index contributed by atoms with van der Waals surface area (Å²) in [5.41, 5.74) is 5.16. The molecule has 1 fully saturated rings. The quantitative estimate of drug-likeness (QED) is 0.793. The Morgan fingerprint density at radius 1 is 1.59 bits per heavy atom. The molecule has 0 saturated carbocycles. The van der Waals surface area contributed by atoms with Gasteiger partial charge in [-0.25, -0.2) is 4.79 Å². The lowest BCUT2D eigenvalue weighted by atomic mass is 10.0. The lowest BCUT2D eigenvalue weighted by Crippen LogP contribution is -2.50. The molecular weight excluding hydrogens is 220 g/mol. The van der Waals surface area contributed by atoms with Gasteiger partial charge in [-0.3, -0.25) is 0 Å². The van der Waals surface area contributed by atoms with E-state index in [4.69, 9.17) is 15.2 Å². The number of rotatable bonds is 2. The Hall–Kier alpha value is -0.810. The maximum absolute atomic E-state index is 11.9. The van der Waals surface area contributed by atoms with E-state index in [1.54, 1.807) is 4.90 Å². The van der Waals surface area contributed by atoms with Gasteiger partial charge in [0.2, 0.25) is 0 Å². The SMILES string of the molecule is CC(CN)C1CN(C(=O)OC(C)(C)C)CCO1. The maximum atomic E-state index is 11.9. The van der Waals surface area contributed by atoms with Crippen molar-refractivity contribution >= 4 is 6.09 Å². The first-order valence-corrected chi connectivity index (χ1v) is 6.13. The van der Waals surface area contributed by atoms with Crippen molar-refractivity contribution < 1.29 is 14.3 Å². The second kappa shape index (κ2) is 5.69. The van der Waals surface area contributed by atoms with Gasteiger partial charge < -0.3 is 20.1 Å². The molecule has 1 heterocycles. The largest absolute Gasteiger partial charge is 0.444 e. The van der Waals surface area contributed by atoms with Gasteiger partial charge in [0, 0.05) is 6.54 Å². The zero-order valence-corrected chi connectivity index (χ0v) is 11.2. The first-order valence-electron chi connectivity index (χ1n) is 6.13. The van der Waals surface area contributed by atoms with E-state index in [1.807, 2.05) is 27.7 Å². The molecule has 0 aromatic rings. The predicted octanol–water partition coefficient (Wildman–Crippen LogP) is 1.22. The van der Waals surface area contributed by atoms with Crippen LogP contribution in [0.3, 0.4) is 0 Å². The zero-order chi connectivity index (χ0) is 13.1. The molecule has 1 amide bonds. The highest BCUT2D eigenvalue weighted by molar-refractivity contribution is 5.68. The summed E-state index contributed by atoms with van der Waals surface area (Å²) in [6.45, 7) is 9.89. The molecular formula is C12H24N2O3. The molecule has 0 aliphatic carbocycles. The summed E-state index contributed by atoms with van der Waals surface area (Å²) >= 11 is 0. The molecule has 2 unspecified atom stereocenters. The minimum atomic E-state index is -0.454. The number of nitrogens with two attached hydrogens (primary N) is 1. The average Bonchev–Trinajstić information content (AvgIpc) is 2.26. The molecule has 0 spiro atoms. The Morgan fingerprint density at radius 3 is 2.76 bits per heavy atom. The van der Waals surface area contributed by atoms with Crippen molar-refractivity contribution in [3.8, 4) is 0 Å². The van der Waals surface area contributed by atoms with Gasteiger partial charge in [-0.05, 0) is 33.2 Å². The molecule has 0 aromatic heterocycles. The highest BCUT2D eigenvalue weighted by Gasteiger charge is 2.30. The number of hydrogen-bond donors (Lipinski definition) is 1. The maximum Gasteiger partial charge on any atom is 0.410 e. The molecule has 17 heavy (non-hydrogen) atoms. The lowest BCUT2D eigenvalue weighted by Gasteiger charge is -2.36. The van der Waals surface area contributed by atoms with Crippen LogP contribution < -0.4 is 5.73 Å². The van der Waals surface area contributed by atoms with Crippen LogP contribution in [0.4, 0.5) is 4.79 Å². The van der Waals surface area contributed by atoms with Gasteiger partial charge in [-0.1, -0.05) is 6.92 Å².